The van der Waals surface area contributed by atoms with Crippen LogP contribution < -0.4 is 5.32 Å². The average Bonchev–Trinajstić information content (AvgIpc) is 3.25. The second-order valence-electron chi connectivity index (χ2n) is 5.39. The van der Waals surface area contributed by atoms with Gasteiger partial charge in [-0.25, -0.2) is 4.68 Å². The zero-order valence-corrected chi connectivity index (χ0v) is 14.9. The van der Waals surface area contributed by atoms with E-state index in [2.05, 4.69) is 17.3 Å². The monoisotopic (exact) mass is 359 g/mol. The summed E-state index contributed by atoms with van der Waals surface area (Å²) in [4.78, 5) is 13.6. The van der Waals surface area contributed by atoms with E-state index in [9.17, 15) is 4.79 Å². The van der Waals surface area contributed by atoms with Gasteiger partial charge in [-0.3, -0.25) is 4.79 Å². The molecule has 1 aromatic carbocycles. The lowest BCUT2D eigenvalue weighted by Gasteiger charge is -2.08. The smallest absolute Gasteiger partial charge is 0.270 e. The molecule has 2 aromatic heterocycles. The maximum Gasteiger partial charge on any atom is 0.270 e. The summed E-state index contributed by atoms with van der Waals surface area (Å²) in [6, 6.07) is 13.1. The highest BCUT2D eigenvalue weighted by atomic mass is 35.5. The Morgan fingerprint density at radius 3 is 2.75 bits per heavy atom. The molecular weight excluding hydrogens is 342 g/mol. The number of nitrogens with zero attached hydrogens (tertiary/aromatic N) is 2. The number of carbonyl (C=O) groups excluding carboxylic acids is 1. The Kier molecular flexibility index (Phi) is 5.33. The van der Waals surface area contributed by atoms with Crippen molar-refractivity contribution in [2.45, 2.75) is 19.8 Å². The Balaban J connectivity index is 1.98. The number of nitrogens with one attached hydrogen (secondary N) is 1. The molecule has 0 aliphatic heterocycles. The predicted octanol–water partition coefficient (Wildman–Crippen LogP) is 4.78. The fourth-order valence-electron chi connectivity index (χ4n) is 2.34. The summed E-state index contributed by atoms with van der Waals surface area (Å²) in [5.41, 5.74) is 2.13. The zero-order chi connectivity index (χ0) is 16.9. The van der Waals surface area contributed by atoms with Crippen LogP contribution in [-0.4, -0.2) is 22.2 Å². The maximum atomic E-state index is 12.6. The number of hydrogen-bond donors (Lipinski definition) is 1. The van der Waals surface area contributed by atoms with Gasteiger partial charge in [0.1, 0.15) is 11.4 Å². The van der Waals surface area contributed by atoms with Gasteiger partial charge < -0.3 is 5.32 Å². The lowest BCUT2D eigenvalue weighted by atomic mass is 10.2. The molecule has 0 saturated heterocycles. The molecule has 1 N–H and O–H groups in total. The van der Waals surface area contributed by atoms with Gasteiger partial charge in [-0.1, -0.05) is 31.0 Å². The van der Waals surface area contributed by atoms with Crippen LogP contribution in [0, 0.1) is 0 Å². The van der Waals surface area contributed by atoms with Gasteiger partial charge in [0.25, 0.3) is 5.91 Å². The summed E-state index contributed by atoms with van der Waals surface area (Å²) >= 11 is 7.57. The van der Waals surface area contributed by atoms with Crippen molar-refractivity contribution in [3.05, 3.63) is 58.6 Å². The Hall–Kier alpha value is -2.11. The van der Waals surface area contributed by atoms with Gasteiger partial charge in [-0.15, -0.1) is 11.3 Å². The van der Waals surface area contributed by atoms with Gasteiger partial charge in [0.2, 0.25) is 0 Å². The van der Waals surface area contributed by atoms with Gasteiger partial charge in [-0.2, -0.15) is 5.10 Å². The van der Waals surface area contributed by atoms with E-state index in [1.54, 1.807) is 28.2 Å². The topological polar surface area (TPSA) is 46.9 Å². The van der Waals surface area contributed by atoms with Crippen molar-refractivity contribution in [3.63, 3.8) is 0 Å². The molecular formula is C18H18ClN3OS. The van der Waals surface area contributed by atoms with E-state index in [0.717, 1.165) is 29.1 Å². The first kappa shape index (κ1) is 16.7. The number of benzene rings is 1. The second kappa shape index (κ2) is 7.64. The molecule has 3 aromatic rings. The van der Waals surface area contributed by atoms with Gasteiger partial charge >= 0.3 is 0 Å². The molecule has 3 rings (SSSR count). The third-order valence-corrected chi connectivity index (χ3v) is 4.75. The molecule has 0 aliphatic carbocycles. The Labute approximate surface area is 150 Å². The van der Waals surface area contributed by atoms with E-state index >= 15 is 0 Å². The summed E-state index contributed by atoms with van der Waals surface area (Å²) in [5, 5.41) is 10.2. The first-order chi connectivity index (χ1) is 11.7. The molecule has 4 nitrogen and oxygen atoms in total. The standard InChI is InChI=1S/C18H18ClN3OS/c1-2-3-10-20-18(23)16-12-15(17-5-4-11-24-17)21-22(16)14-8-6-13(19)7-9-14/h4-9,11-12H,2-3,10H2,1H3,(H,20,23). The molecule has 0 spiro atoms. The van der Waals surface area contributed by atoms with Crippen molar-refractivity contribution >= 4 is 28.8 Å². The highest BCUT2D eigenvalue weighted by Crippen LogP contribution is 2.26. The minimum Gasteiger partial charge on any atom is -0.351 e. The summed E-state index contributed by atoms with van der Waals surface area (Å²) < 4.78 is 1.67. The van der Waals surface area contributed by atoms with Crippen molar-refractivity contribution < 1.29 is 4.79 Å². The highest BCUT2D eigenvalue weighted by molar-refractivity contribution is 7.13. The van der Waals surface area contributed by atoms with Crippen LogP contribution in [0.15, 0.2) is 47.8 Å². The summed E-state index contributed by atoms with van der Waals surface area (Å²) in [7, 11) is 0. The average molecular weight is 360 g/mol. The molecule has 0 atom stereocenters. The van der Waals surface area contributed by atoms with E-state index in [1.807, 2.05) is 35.7 Å². The van der Waals surface area contributed by atoms with Gasteiger partial charge in [0.05, 0.1) is 10.6 Å². The second-order valence-corrected chi connectivity index (χ2v) is 6.77. The number of halogens is 1. The molecule has 0 radical (unpaired) electrons. The van der Waals surface area contributed by atoms with E-state index in [1.165, 1.54) is 0 Å². The number of unbranched alkanes of at least 4 members (excludes halogenated alkanes) is 1. The van der Waals surface area contributed by atoms with Crippen LogP contribution in [0.1, 0.15) is 30.3 Å². The Bertz CT molecular complexity index is 809. The number of amides is 1. The van der Waals surface area contributed by atoms with E-state index in [0.29, 0.717) is 17.3 Å². The first-order valence-electron chi connectivity index (χ1n) is 7.87. The van der Waals surface area contributed by atoms with Crippen LogP contribution in [0.3, 0.4) is 0 Å². The van der Waals surface area contributed by atoms with Crippen LogP contribution in [-0.2, 0) is 0 Å². The van der Waals surface area contributed by atoms with E-state index in [4.69, 9.17) is 11.6 Å². The van der Waals surface area contributed by atoms with Crippen LogP contribution >= 0.6 is 22.9 Å². The van der Waals surface area contributed by atoms with Gasteiger partial charge in [-0.05, 0) is 48.2 Å². The van der Waals surface area contributed by atoms with Crippen LogP contribution in [0.25, 0.3) is 16.3 Å². The number of thiophene rings is 1. The summed E-state index contributed by atoms with van der Waals surface area (Å²) in [6.45, 7) is 2.76. The molecule has 0 unspecified atom stereocenters. The van der Waals surface area contributed by atoms with Crippen LogP contribution in [0.5, 0.6) is 0 Å². The maximum absolute atomic E-state index is 12.6. The lowest BCUT2D eigenvalue weighted by Crippen LogP contribution is -2.26. The van der Waals surface area contributed by atoms with E-state index in [-0.39, 0.29) is 5.91 Å². The molecule has 124 valence electrons. The molecule has 0 aliphatic rings. The fourth-order valence-corrected chi connectivity index (χ4v) is 3.14. The lowest BCUT2D eigenvalue weighted by molar-refractivity contribution is 0.0945. The third kappa shape index (κ3) is 3.68. The van der Waals surface area contributed by atoms with Crippen molar-refractivity contribution in [2.24, 2.45) is 0 Å². The number of carbonyl (C=O) groups is 1. The van der Waals surface area contributed by atoms with Crippen LogP contribution in [0.4, 0.5) is 0 Å². The molecule has 2 heterocycles. The highest BCUT2D eigenvalue weighted by Gasteiger charge is 2.17. The van der Waals surface area contributed by atoms with Crippen molar-refractivity contribution in [2.75, 3.05) is 6.54 Å². The quantitative estimate of drug-likeness (QED) is 0.643. The Morgan fingerprint density at radius 2 is 2.08 bits per heavy atom. The van der Waals surface area contributed by atoms with Crippen LogP contribution in [0.2, 0.25) is 5.02 Å². The minimum absolute atomic E-state index is 0.117. The molecule has 6 heteroatoms. The fraction of sp³-hybridized carbons (Fsp3) is 0.222. The van der Waals surface area contributed by atoms with Crippen molar-refractivity contribution in [3.8, 4) is 16.3 Å². The third-order valence-electron chi connectivity index (χ3n) is 3.60. The van der Waals surface area contributed by atoms with Crippen molar-refractivity contribution in [1.29, 1.82) is 0 Å². The zero-order valence-electron chi connectivity index (χ0n) is 13.3. The predicted molar refractivity (Wildman–Crippen MR) is 99.1 cm³/mol. The number of hydrogen-bond acceptors (Lipinski definition) is 3. The Morgan fingerprint density at radius 1 is 1.29 bits per heavy atom. The molecule has 0 fully saturated rings. The number of aromatic nitrogens is 2. The summed E-state index contributed by atoms with van der Waals surface area (Å²) in [6.07, 6.45) is 2.00. The van der Waals surface area contributed by atoms with Gasteiger partial charge in [0, 0.05) is 11.6 Å². The normalized spacial score (nSPS) is 10.8. The first-order valence-corrected chi connectivity index (χ1v) is 9.13. The summed E-state index contributed by atoms with van der Waals surface area (Å²) in [5.74, 6) is -0.117. The molecule has 0 bridgehead atoms. The molecule has 0 saturated carbocycles. The largest absolute Gasteiger partial charge is 0.351 e. The number of rotatable bonds is 6. The van der Waals surface area contributed by atoms with Gasteiger partial charge in [0.15, 0.2) is 0 Å². The molecule has 1 amide bonds. The minimum atomic E-state index is -0.117. The van der Waals surface area contributed by atoms with Crippen molar-refractivity contribution in [1.82, 2.24) is 15.1 Å². The SMILES string of the molecule is CCCCNC(=O)c1cc(-c2cccs2)nn1-c1ccc(Cl)cc1. The van der Waals surface area contributed by atoms with E-state index < -0.39 is 0 Å². The molecule has 24 heavy (non-hydrogen) atoms.